The van der Waals surface area contributed by atoms with Crippen LogP contribution in [0.2, 0.25) is 0 Å². The van der Waals surface area contributed by atoms with E-state index in [0.29, 0.717) is 19.2 Å². The van der Waals surface area contributed by atoms with Crippen LogP contribution in [0.4, 0.5) is 19.3 Å². The number of aromatic nitrogens is 1. The molecule has 1 aliphatic heterocycles. The smallest absolute Gasteiger partial charge is 0.322 e. The van der Waals surface area contributed by atoms with E-state index in [2.05, 4.69) is 9.88 Å². The molecule has 35 heavy (non-hydrogen) atoms. The van der Waals surface area contributed by atoms with Gasteiger partial charge in [-0.3, -0.25) is 4.79 Å². The first-order valence-corrected chi connectivity index (χ1v) is 11.4. The Morgan fingerprint density at radius 2 is 1.89 bits per heavy atom. The molecule has 184 valence electrons. The lowest BCUT2D eigenvalue weighted by Gasteiger charge is -2.38. The number of anilines is 1. The molecule has 0 fully saturated rings. The summed E-state index contributed by atoms with van der Waals surface area (Å²) >= 11 is 0. The number of carbonyl (C=O) groups excluding carboxylic acids is 2. The summed E-state index contributed by atoms with van der Waals surface area (Å²) in [5.41, 5.74) is 2.92. The Kier molecular flexibility index (Phi) is 7.45. The topological polar surface area (TPSA) is 66.8 Å². The Labute approximate surface area is 202 Å². The molecular weight excluding hydrogens is 454 g/mol. The molecule has 0 spiro atoms. The van der Waals surface area contributed by atoms with Gasteiger partial charge in [0.05, 0.1) is 18.3 Å². The average molecular weight is 483 g/mol. The van der Waals surface area contributed by atoms with Crippen molar-refractivity contribution in [3.05, 3.63) is 89.2 Å². The van der Waals surface area contributed by atoms with E-state index in [1.165, 1.54) is 12.0 Å². The molecule has 2 heterocycles. The van der Waals surface area contributed by atoms with Gasteiger partial charge in [0.15, 0.2) is 0 Å². The Balaban J connectivity index is 1.56. The zero-order chi connectivity index (χ0) is 24.9. The Morgan fingerprint density at radius 1 is 1.11 bits per heavy atom. The van der Waals surface area contributed by atoms with Crippen molar-refractivity contribution in [2.75, 3.05) is 38.7 Å². The molecule has 1 aliphatic rings. The molecule has 7 nitrogen and oxygen atoms in total. The molecule has 9 heteroatoms. The van der Waals surface area contributed by atoms with Crippen LogP contribution in [-0.4, -0.2) is 59.7 Å². The standard InChI is InChI=1S/C26H28F2N4O3/c1-18-5-7-19(8-6-18)25-23-4-3-11-30(23)12-13-32(25)24(33)17-31(14-15-35-2)26(34)29-22-10-9-20(27)16-21(22)28/h3-11,16,25H,12-15,17H2,1-2H3,(H,29,34)/t25-/m1/s1. The van der Waals surface area contributed by atoms with Crippen LogP contribution in [0.15, 0.2) is 60.8 Å². The monoisotopic (exact) mass is 482 g/mol. The second-order valence-corrected chi connectivity index (χ2v) is 8.50. The van der Waals surface area contributed by atoms with Crippen molar-refractivity contribution in [3.8, 4) is 0 Å². The summed E-state index contributed by atoms with van der Waals surface area (Å²) in [6.07, 6.45) is 1.99. The molecule has 0 radical (unpaired) electrons. The molecule has 4 rings (SSSR count). The zero-order valence-electron chi connectivity index (χ0n) is 19.7. The minimum absolute atomic E-state index is 0.121. The Hall–Kier alpha value is -3.72. The summed E-state index contributed by atoms with van der Waals surface area (Å²) in [5, 5.41) is 2.43. The highest BCUT2D eigenvalue weighted by molar-refractivity contribution is 5.92. The maximum atomic E-state index is 14.1. The highest BCUT2D eigenvalue weighted by Gasteiger charge is 2.33. The molecule has 0 bridgehead atoms. The fraction of sp³-hybridized carbons (Fsp3) is 0.308. The number of carbonyl (C=O) groups is 2. The van der Waals surface area contributed by atoms with E-state index >= 15 is 0 Å². The number of methoxy groups -OCH3 is 1. The number of nitrogens with one attached hydrogen (secondary N) is 1. The van der Waals surface area contributed by atoms with Crippen LogP contribution in [-0.2, 0) is 16.1 Å². The highest BCUT2D eigenvalue weighted by atomic mass is 19.1. The summed E-state index contributed by atoms with van der Waals surface area (Å²) in [5.74, 6) is -1.88. The van der Waals surface area contributed by atoms with Gasteiger partial charge >= 0.3 is 6.03 Å². The number of benzene rings is 2. The van der Waals surface area contributed by atoms with Gasteiger partial charge in [0, 0.05) is 44.7 Å². The van der Waals surface area contributed by atoms with Gasteiger partial charge in [0.1, 0.15) is 18.2 Å². The van der Waals surface area contributed by atoms with Gasteiger partial charge < -0.3 is 24.4 Å². The molecule has 1 N–H and O–H groups in total. The third-order valence-electron chi connectivity index (χ3n) is 6.10. The van der Waals surface area contributed by atoms with E-state index in [4.69, 9.17) is 4.74 Å². The number of hydrogen-bond donors (Lipinski definition) is 1. The van der Waals surface area contributed by atoms with Gasteiger partial charge in [-0.15, -0.1) is 0 Å². The second-order valence-electron chi connectivity index (χ2n) is 8.50. The fourth-order valence-corrected chi connectivity index (χ4v) is 4.24. The number of nitrogens with zero attached hydrogens (tertiary/aromatic N) is 3. The van der Waals surface area contributed by atoms with E-state index in [9.17, 15) is 18.4 Å². The molecule has 3 aromatic rings. The van der Waals surface area contributed by atoms with E-state index in [1.54, 1.807) is 4.90 Å². The lowest BCUT2D eigenvalue weighted by Crippen LogP contribution is -2.49. The van der Waals surface area contributed by atoms with Crippen molar-refractivity contribution in [2.24, 2.45) is 0 Å². The van der Waals surface area contributed by atoms with Gasteiger partial charge in [0.25, 0.3) is 0 Å². The Bertz CT molecular complexity index is 1200. The van der Waals surface area contributed by atoms with Gasteiger partial charge in [-0.2, -0.15) is 0 Å². The summed E-state index contributed by atoms with van der Waals surface area (Å²) in [4.78, 5) is 29.5. The van der Waals surface area contributed by atoms with Gasteiger partial charge in [-0.1, -0.05) is 29.8 Å². The highest BCUT2D eigenvalue weighted by Crippen LogP contribution is 2.32. The third-order valence-corrected chi connectivity index (χ3v) is 6.10. The number of urea groups is 1. The first-order chi connectivity index (χ1) is 16.9. The van der Waals surface area contributed by atoms with E-state index in [0.717, 1.165) is 29.0 Å². The lowest BCUT2D eigenvalue weighted by atomic mass is 9.98. The van der Waals surface area contributed by atoms with Crippen molar-refractivity contribution in [1.82, 2.24) is 14.4 Å². The van der Waals surface area contributed by atoms with Crippen molar-refractivity contribution >= 4 is 17.6 Å². The summed E-state index contributed by atoms with van der Waals surface area (Å²) < 4.78 is 34.5. The van der Waals surface area contributed by atoms with Crippen LogP contribution >= 0.6 is 0 Å². The quantitative estimate of drug-likeness (QED) is 0.549. The largest absolute Gasteiger partial charge is 0.383 e. The lowest BCUT2D eigenvalue weighted by molar-refractivity contribution is -0.134. The number of halogens is 2. The minimum atomic E-state index is -0.896. The van der Waals surface area contributed by atoms with Gasteiger partial charge in [0.2, 0.25) is 5.91 Å². The number of rotatable bonds is 7. The molecule has 0 aliphatic carbocycles. The molecule has 1 aromatic heterocycles. The maximum absolute atomic E-state index is 14.1. The Morgan fingerprint density at radius 3 is 2.60 bits per heavy atom. The van der Waals surface area contributed by atoms with Crippen molar-refractivity contribution in [1.29, 1.82) is 0 Å². The van der Waals surface area contributed by atoms with Crippen LogP contribution in [0.1, 0.15) is 22.9 Å². The predicted molar refractivity (Wildman–Crippen MR) is 128 cm³/mol. The van der Waals surface area contributed by atoms with Crippen LogP contribution < -0.4 is 5.32 Å². The van der Waals surface area contributed by atoms with Crippen molar-refractivity contribution in [2.45, 2.75) is 19.5 Å². The summed E-state index contributed by atoms with van der Waals surface area (Å²) in [7, 11) is 1.49. The van der Waals surface area contributed by atoms with Crippen molar-refractivity contribution < 1.29 is 23.1 Å². The molecule has 3 amide bonds. The van der Waals surface area contributed by atoms with E-state index in [1.807, 2.05) is 49.5 Å². The molecule has 0 unspecified atom stereocenters. The number of hydrogen-bond acceptors (Lipinski definition) is 3. The number of amides is 3. The third kappa shape index (κ3) is 5.51. The molecule has 1 atom stereocenters. The minimum Gasteiger partial charge on any atom is -0.383 e. The van der Waals surface area contributed by atoms with Crippen LogP contribution in [0.5, 0.6) is 0 Å². The van der Waals surface area contributed by atoms with Crippen LogP contribution in [0.3, 0.4) is 0 Å². The average Bonchev–Trinajstić information content (AvgIpc) is 3.32. The van der Waals surface area contributed by atoms with E-state index in [-0.39, 0.29) is 37.3 Å². The maximum Gasteiger partial charge on any atom is 0.322 e. The van der Waals surface area contributed by atoms with Gasteiger partial charge in [-0.05, 0) is 36.8 Å². The summed E-state index contributed by atoms with van der Waals surface area (Å²) in [6.45, 7) is 3.22. The van der Waals surface area contributed by atoms with Crippen LogP contribution in [0.25, 0.3) is 0 Å². The predicted octanol–water partition coefficient (Wildman–Crippen LogP) is 4.19. The molecule has 0 saturated carbocycles. The molecular formula is C26H28F2N4O3. The van der Waals surface area contributed by atoms with E-state index < -0.39 is 17.7 Å². The zero-order valence-corrected chi connectivity index (χ0v) is 19.7. The number of fused-ring (bicyclic) bond motifs is 1. The SMILES string of the molecule is COCCN(CC(=O)N1CCn2cccc2[C@H]1c1ccc(C)cc1)C(=O)Nc1ccc(F)cc1F. The first-order valence-electron chi connectivity index (χ1n) is 11.4. The normalized spacial score (nSPS) is 15.0. The van der Waals surface area contributed by atoms with Crippen LogP contribution in [0, 0.1) is 18.6 Å². The van der Waals surface area contributed by atoms with Gasteiger partial charge in [-0.25, -0.2) is 13.6 Å². The summed E-state index contributed by atoms with van der Waals surface area (Å²) in [6, 6.07) is 13.9. The first kappa shape index (κ1) is 24.4. The second kappa shape index (κ2) is 10.7. The number of aryl methyl sites for hydroxylation is 1. The van der Waals surface area contributed by atoms with Crippen molar-refractivity contribution in [3.63, 3.8) is 0 Å². The number of ether oxygens (including phenoxy) is 1. The fourth-order valence-electron chi connectivity index (χ4n) is 4.24. The molecule has 2 aromatic carbocycles. The molecule has 0 saturated heterocycles.